The molecule has 0 radical (unpaired) electrons. The van der Waals surface area contributed by atoms with Crippen LogP contribution in [0.4, 0.5) is 0 Å². The van der Waals surface area contributed by atoms with E-state index in [1.807, 2.05) is 43.0 Å². The first-order valence-electron chi connectivity index (χ1n) is 9.48. The molecule has 27 heavy (non-hydrogen) atoms. The summed E-state index contributed by atoms with van der Waals surface area (Å²) in [5, 5.41) is 6.64. The number of hydrogen-bond donors (Lipinski definition) is 2. The average molecular weight is 488 g/mol. The van der Waals surface area contributed by atoms with Gasteiger partial charge in [0.05, 0.1) is 5.60 Å². The number of amides is 1. The maximum atomic E-state index is 12.3. The molecule has 1 aromatic rings. The van der Waals surface area contributed by atoms with Gasteiger partial charge in [-0.25, -0.2) is 0 Å². The summed E-state index contributed by atoms with van der Waals surface area (Å²) in [6, 6.07) is 7.75. The number of nitrogens with one attached hydrogen (secondary N) is 2. The van der Waals surface area contributed by atoms with Crippen LogP contribution in [0.2, 0.25) is 0 Å². The fourth-order valence-corrected chi connectivity index (χ4v) is 3.11. The number of rotatable bonds is 7. The van der Waals surface area contributed by atoms with E-state index in [0.29, 0.717) is 6.54 Å². The Labute approximate surface area is 180 Å². The van der Waals surface area contributed by atoms with Crippen molar-refractivity contribution in [1.82, 2.24) is 15.5 Å². The maximum Gasteiger partial charge on any atom is 0.253 e. The quantitative estimate of drug-likeness (QED) is 0.352. The molecule has 2 N–H and O–H groups in total. The number of ether oxygens (including phenoxy) is 1. The molecule has 1 fully saturated rings. The fourth-order valence-electron chi connectivity index (χ4n) is 3.11. The van der Waals surface area contributed by atoms with Crippen molar-refractivity contribution in [3.8, 4) is 0 Å². The molecule has 6 nitrogen and oxygen atoms in total. The molecule has 0 spiro atoms. The molecule has 1 heterocycles. The molecule has 2 rings (SSSR count). The minimum absolute atomic E-state index is 0. The summed E-state index contributed by atoms with van der Waals surface area (Å²) in [6.07, 6.45) is 2.18. The lowest BCUT2D eigenvalue weighted by Crippen LogP contribution is -2.45. The van der Waals surface area contributed by atoms with E-state index in [2.05, 4.69) is 22.5 Å². The third kappa shape index (κ3) is 6.95. The SMILES string of the molecule is CCN(CC)C(=O)c1ccc(CNC(=NC)NCC2(C)CCCO2)cc1.I. The van der Waals surface area contributed by atoms with E-state index < -0.39 is 0 Å². The predicted octanol–water partition coefficient (Wildman–Crippen LogP) is 3.02. The number of halogens is 1. The second-order valence-electron chi connectivity index (χ2n) is 6.86. The molecule has 1 atom stereocenters. The highest BCUT2D eigenvalue weighted by atomic mass is 127. The fraction of sp³-hybridized carbons (Fsp3) is 0.600. The van der Waals surface area contributed by atoms with E-state index in [4.69, 9.17) is 4.74 Å². The van der Waals surface area contributed by atoms with Crippen LogP contribution in [0.15, 0.2) is 29.3 Å². The number of hydrogen-bond acceptors (Lipinski definition) is 3. The zero-order valence-electron chi connectivity index (χ0n) is 16.9. The Morgan fingerprint density at radius 2 is 1.89 bits per heavy atom. The Morgan fingerprint density at radius 1 is 1.22 bits per heavy atom. The monoisotopic (exact) mass is 488 g/mol. The van der Waals surface area contributed by atoms with Crippen LogP contribution in [-0.2, 0) is 11.3 Å². The lowest BCUT2D eigenvalue weighted by molar-refractivity contribution is 0.0243. The number of nitrogens with zero attached hydrogens (tertiary/aromatic N) is 2. The Kier molecular flexibility index (Phi) is 10.1. The first-order valence-corrected chi connectivity index (χ1v) is 9.48. The summed E-state index contributed by atoms with van der Waals surface area (Å²) < 4.78 is 5.79. The molecule has 0 saturated carbocycles. The molecule has 7 heteroatoms. The number of benzene rings is 1. The molecule has 1 amide bonds. The van der Waals surface area contributed by atoms with Gasteiger partial charge in [-0.05, 0) is 51.3 Å². The second kappa shape index (κ2) is 11.5. The molecule has 1 unspecified atom stereocenters. The maximum absolute atomic E-state index is 12.3. The topological polar surface area (TPSA) is 66.0 Å². The molecule has 1 aliphatic rings. The molecule has 152 valence electrons. The van der Waals surface area contributed by atoms with Gasteiger partial charge in [0.2, 0.25) is 0 Å². The smallest absolute Gasteiger partial charge is 0.253 e. The van der Waals surface area contributed by atoms with Crippen LogP contribution in [-0.4, -0.2) is 55.7 Å². The van der Waals surface area contributed by atoms with Gasteiger partial charge in [0.25, 0.3) is 5.91 Å². The molecular weight excluding hydrogens is 455 g/mol. The molecule has 0 aliphatic carbocycles. The summed E-state index contributed by atoms with van der Waals surface area (Å²) in [4.78, 5) is 18.4. The van der Waals surface area contributed by atoms with Gasteiger partial charge in [-0.1, -0.05) is 12.1 Å². The predicted molar refractivity (Wildman–Crippen MR) is 121 cm³/mol. The highest BCUT2D eigenvalue weighted by Crippen LogP contribution is 2.23. The van der Waals surface area contributed by atoms with Crippen molar-refractivity contribution in [2.24, 2.45) is 4.99 Å². The summed E-state index contributed by atoms with van der Waals surface area (Å²) >= 11 is 0. The highest BCUT2D eigenvalue weighted by Gasteiger charge is 2.29. The molecule has 1 saturated heterocycles. The second-order valence-corrected chi connectivity index (χ2v) is 6.86. The Hall–Kier alpha value is -1.35. The highest BCUT2D eigenvalue weighted by molar-refractivity contribution is 14.0. The van der Waals surface area contributed by atoms with Crippen molar-refractivity contribution in [1.29, 1.82) is 0 Å². The number of carbonyl (C=O) groups is 1. The molecular formula is C20H33IN4O2. The normalized spacial score (nSPS) is 19.3. The Morgan fingerprint density at radius 3 is 2.41 bits per heavy atom. The minimum atomic E-state index is -0.107. The van der Waals surface area contributed by atoms with Gasteiger partial charge in [0, 0.05) is 45.4 Å². The van der Waals surface area contributed by atoms with E-state index in [-0.39, 0.29) is 35.5 Å². The van der Waals surface area contributed by atoms with Gasteiger partial charge >= 0.3 is 0 Å². The zero-order chi connectivity index (χ0) is 19.0. The van der Waals surface area contributed by atoms with E-state index >= 15 is 0 Å². The first kappa shape index (κ1) is 23.7. The average Bonchev–Trinajstić information content (AvgIpc) is 3.10. The van der Waals surface area contributed by atoms with Crippen LogP contribution in [0.5, 0.6) is 0 Å². The van der Waals surface area contributed by atoms with Crippen molar-refractivity contribution in [2.75, 3.05) is 33.3 Å². The van der Waals surface area contributed by atoms with Gasteiger partial charge < -0.3 is 20.3 Å². The van der Waals surface area contributed by atoms with E-state index in [1.54, 1.807) is 7.05 Å². The van der Waals surface area contributed by atoms with Crippen molar-refractivity contribution in [3.05, 3.63) is 35.4 Å². The van der Waals surface area contributed by atoms with Crippen LogP contribution in [0, 0.1) is 0 Å². The minimum Gasteiger partial charge on any atom is -0.373 e. The third-order valence-electron chi connectivity index (χ3n) is 4.87. The van der Waals surface area contributed by atoms with Gasteiger partial charge in [-0.15, -0.1) is 24.0 Å². The summed E-state index contributed by atoms with van der Waals surface area (Å²) in [7, 11) is 1.76. The summed E-state index contributed by atoms with van der Waals surface area (Å²) in [5.74, 6) is 0.835. The van der Waals surface area contributed by atoms with Crippen LogP contribution in [0.25, 0.3) is 0 Å². The van der Waals surface area contributed by atoms with E-state index in [1.165, 1.54) is 0 Å². The third-order valence-corrected chi connectivity index (χ3v) is 4.87. The van der Waals surface area contributed by atoms with Crippen LogP contribution < -0.4 is 10.6 Å². The lowest BCUT2D eigenvalue weighted by Gasteiger charge is -2.24. The first-order chi connectivity index (χ1) is 12.5. The van der Waals surface area contributed by atoms with Gasteiger partial charge in [0.15, 0.2) is 5.96 Å². The van der Waals surface area contributed by atoms with Crippen molar-refractivity contribution in [2.45, 2.75) is 45.8 Å². The van der Waals surface area contributed by atoms with Crippen molar-refractivity contribution >= 4 is 35.8 Å². The van der Waals surface area contributed by atoms with E-state index in [9.17, 15) is 4.79 Å². The molecule has 0 bridgehead atoms. The zero-order valence-corrected chi connectivity index (χ0v) is 19.2. The van der Waals surface area contributed by atoms with Gasteiger partial charge in [-0.3, -0.25) is 9.79 Å². The molecule has 1 aromatic carbocycles. The van der Waals surface area contributed by atoms with Crippen molar-refractivity contribution in [3.63, 3.8) is 0 Å². The summed E-state index contributed by atoms with van der Waals surface area (Å²) in [5.41, 5.74) is 1.72. The number of guanidine groups is 1. The Bertz CT molecular complexity index is 609. The van der Waals surface area contributed by atoms with Crippen LogP contribution in [0.3, 0.4) is 0 Å². The van der Waals surface area contributed by atoms with Crippen molar-refractivity contribution < 1.29 is 9.53 Å². The summed E-state index contributed by atoms with van der Waals surface area (Å²) in [6.45, 7) is 9.80. The van der Waals surface area contributed by atoms with Gasteiger partial charge in [-0.2, -0.15) is 0 Å². The Balaban J connectivity index is 0.00000364. The number of carbonyl (C=O) groups excluding carboxylic acids is 1. The van der Waals surface area contributed by atoms with Crippen LogP contribution >= 0.6 is 24.0 Å². The van der Waals surface area contributed by atoms with Crippen LogP contribution in [0.1, 0.15) is 49.5 Å². The number of aliphatic imine (C=N–C) groups is 1. The molecule has 1 aliphatic heterocycles. The van der Waals surface area contributed by atoms with Gasteiger partial charge in [0.1, 0.15) is 0 Å². The molecule has 0 aromatic heterocycles. The largest absolute Gasteiger partial charge is 0.373 e. The van der Waals surface area contributed by atoms with E-state index in [0.717, 1.165) is 56.2 Å². The lowest BCUT2D eigenvalue weighted by atomic mass is 10.0. The standard InChI is InChI=1S/C20H32N4O2.HI/c1-5-24(6-2)18(25)17-10-8-16(9-11-17)14-22-19(21-4)23-15-20(3)12-7-13-26-20;/h8-11H,5-7,12-15H2,1-4H3,(H2,21,22,23);1H.